The Morgan fingerprint density at radius 2 is 1.90 bits per heavy atom. The third-order valence-corrected chi connectivity index (χ3v) is 4.75. The second-order valence-electron chi connectivity index (χ2n) is 6.65. The highest BCUT2D eigenvalue weighted by molar-refractivity contribution is 6.32. The van der Waals surface area contributed by atoms with Crippen LogP contribution in [0.25, 0.3) is 6.08 Å². The van der Waals surface area contributed by atoms with Crippen molar-refractivity contribution in [3.05, 3.63) is 100.0 Å². The highest BCUT2D eigenvalue weighted by Crippen LogP contribution is 2.38. The van der Waals surface area contributed by atoms with Crippen molar-refractivity contribution in [3.8, 4) is 11.5 Å². The van der Waals surface area contributed by atoms with Crippen molar-refractivity contribution < 1.29 is 23.4 Å². The molecule has 3 aromatic carbocycles. The van der Waals surface area contributed by atoms with Gasteiger partial charge in [0.1, 0.15) is 12.4 Å². The van der Waals surface area contributed by atoms with Crippen LogP contribution < -0.4 is 9.47 Å². The van der Waals surface area contributed by atoms with E-state index in [0.29, 0.717) is 28.2 Å². The molecule has 0 bridgehead atoms. The molecular weight excluding hydrogens is 421 g/mol. The molecule has 1 aliphatic rings. The number of carbonyl (C=O) groups excluding carboxylic acids is 1. The van der Waals surface area contributed by atoms with Crippen LogP contribution in [0, 0.1) is 5.82 Å². The van der Waals surface area contributed by atoms with Crippen molar-refractivity contribution in [2.24, 2.45) is 4.99 Å². The molecule has 0 aliphatic carbocycles. The van der Waals surface area contributed by atoms with Gasteiger partial charge in [-0.15, -0.1) is 0 Å². The monoisotopic (exact) mass is 437 g/mol. The lowest BCUT2D eigenvalue weighted by molar-refractivity contribution is -0.129. The Hall–Kier alpha value is -3.64. The Morgan fingerprint density at radius 1 is 1.10 bits per heavy atom. The van der Waals surface area contributed by atoms with Crippen molar-refractivity contribution in [3.63, 3.8) is 0 Å². The van der Waals surface area contributed by atoms with E-state index >= 15 is 0 Å². The zero-order chi connectivity index (χ0) is 21.8. The second kappa shape index (κ2) is 9.02. The molecule has 0 saturated heterocycles. The first-order valence-corrected chi connectivity index (χ1v) is 9.74. The number of methoxy groups -OCH3 is 1. The molecule has 7 heteroatoms. The number of aliphatic imine (C=N–C) groups is 1. The van der Waals surface area contributed by atoms with Crippen LogP contribution in [0.3, 0.4) is 0 Å². The zero-order valence-corrected chi connectivity index (χ0v) is 17.2. The minimum Gasteiger partial charge on any atom is -0.493 e. The minimum atomic E-state index is -0.555. The third-order valence-electron chi connectivity index (χ3n) is 4.47. The molecule has 1 aliphatic heterocycles. The molecule has 0 spiro atoms. The van der Waals surface area contributed by atoms with E-state index in [-0.39, 0.29) is 29.0 Å². The molecule has 0 N–H and O–H groups in total. The summed E-state index contributed by atoms with van der Waals surface area (Å²) in [6, 6.07) is 18.5. The van der Waals surface area contributed by atoms with Crippen molar-refractivity contribution >= 4 is 29.5 Å². The van der Waals surface area contributed by atoms with E-state index in [1.807, 2.05) is 18.2 Å². The molecule has 0 radical (unpaired) electrons. The number of nitrogens with zero attached hydrogens (tertiary/aromatic N) is 1. The maximum absolute atomic E-state index is 13.4. The fraction of sp³-hybridized carbons (Fsp3) is 0.0833. The van der Waals surface area contributed by atoms with Crippen molar-refractivity contribution in [1.29, 1.82) is 0 Å². The lowest BCUT2D eigenvalue weighted by atomic mass is 10.1. The van der Waals surface area contributed by atoms with Crippen LogP contribution in [-0.4, -0.2) is 19.0 Å². The van der Waals surface area contributed by atoms with Crippen molar-refractivity contribution in [2.75, 3.05) is 7.11 Å². The predicted octanol–water partition coefficient (Wildman–Crippen LogP) is 5.41. The number of esters is 1. The fourth-order valence-electron chi connectivity index (χ4n) is 3.02. The number of rotatable bonds is 6. The van der Waals surface area contributed by atoms with Crippen LogP contribution in [0.1, 0.15) is 16.7 Å². The lowest BCUT2D eigenvalue weighted by Crippen LogP contribution is -2.05. The second-order valence-corrected chi connectivity index (χ2v) is 7.06. The SMILES string of the molecule is COc1cc(/C=C2\N=C(c3ccccc3)OC2=O)cc(Cl)c1OCc1cccc(F)c1. The molecule has 0 amide bonds. The van der Waals surface area contributed by atoms with Gasteiger partial charge in [0.15, 0.2) is 17.2 Å². The molecule has 31 heavy (non-hydrogen) atoms. The van der Waals surface area contributed by atoms with Crippen molar-refractivity contribution in [2.45, 2.75) is 6.61 Å². The van der Waals surface area contributed by atoms with Gasteiger partial charge in [0.25, 0.3) is 0 Å². The van der Waals surface area contributed by atoms with Gasteiger partial charge in [-0.05, 0) is 53.6 Å². The van der Waals surface area contributed by atoms with Gasteiger partial charge in [0.2, 0.25) is 5.90 Å². The predicted molar refractivity (Wildman–Crippen MR) is 116 cm³/mol. The maximum Gasteiger partial charge on any atom is 0.363 e. The summed E-state index contributed by atoms with van der Waals surface area (Å²) in [5.41, 5.74) is 2.09. The highest BCUT2D eigenvalue weighted by atomic mass is 35.5. The Labute approximate surface area is 183 Å². The molecule has 0 saturated carbocycles. The lowest BCUT2D eigenvalue weighted by Gasteiger charge is -2.13. The number of hydrogen-bond acceptors (Lipinski definition) is 5. The molecule has 0 unspecified atom stereocenters. The Morgan fingerprint density at radius 3 is 2.65 bits per heavy atom. The normalized spacial score (nSPS) is 14.4. The molecule has 0 fully saturated rings. The van der Waals surface area contributed by atoms with Gasteiger partial charge in [-0.3, -0.25) is 0 Å². The summed E-state index contributed by atoms with van der Waals surface area (Å²) >= 11 is 6.40. The van der Waals surface area contributed by atoms with Crippen LogP contribution in [0.2, 0.25) is 5.02 Å². The van der Waals surface area contributed by atoms with Gasteiger partial charge < -0.3 is 14.2 Å². The molecule has 5 nitrogen and oxygen atoms in total. The largest absolute Gasteiger partial charge is 0.493 e. The minimum absolute atomic E-state index is 0.116. The van der Waals surface area contributed by atoms with E-state index in [1.165, 1.54) is 19.2 Å². The summed E-state index contributed by atoms with van der Waals surface area (Å²) in [7, 11) is 1.48. The maximum atomic E-state index is 13.4. The summed E-state index contributed by atoms with van der Waals surface area (Å²) in [5.74, 6) is 0.0257. The average molecular weight is 438 g/mol. The quantitative estimate of drug-likeness (QED) is 0.382. The van der Waals surface area contributed by atoms with Gasteiger partial charge in [0.05, 0.1) is 12.1 Å². The molecule has 0 aromatic heterocycles. The van der Waals surface area contributed by atoms with Gasteiger partial charge in [-0.2, -0.15) is 0 Å². The van der Waals surface area contributed by atoms with Crippen LogP contribution >= 0.6 is 11.6 Å². The first-order chi connectivity index (χ1) is 15.0. The molecule has 0 atom stereocenters. The van der Waals surface area contributed by atoms with Gasteiger partial charge >= 0.3 is 5.97 Å². The number of ether oxygens (including phenoxy) is 3. The first-order valence-electron chi connectivity index (χ1n) is 9.36. The van der Waals surface area contributed by atoms with Gasteiger partial charge in [-0.25, -0.2) is 14.2 Å². The van der Waals surface area contributed by atoms with Crippen LogP contribution in [0.5, 0.6) is 11.5 Å². The van der Waals surface area contributed by atoms with E-state index in [9.17, 15) is 9.18 Å². The van der Waals surface area contributed by atoms with Crippen LogP contribution in [-0.2, 0) is 16.1 Å². The summed E-state index contributed by atoms with van der Waals surface area (Å²) < 4.78 is 29.8. The Kier molecular flexibility index (Phi) is 6.00. The fourth-order valence-corrected chi connectivity index (χ4v) is 3.29. The number of cyclic esters (lactones) is 1. The summed E-state index contributed by atoms with van der Waals surface area (Å²) in [5, 5.41) is 0.279. The van der Waals surface area contributed by atoms with Gasteiger partial charge in [0, 0.05) is 5.56 Å². The van der Waals surface area contributed by atoms with E-state index in [1.54, 1.807) is 42.5 Å². The molecule has 156 valence electrons. The highest BCUT2D eigenvalue weighted by Gasteiger charge is 2.24. The smallest absolute Gasteiger partial charge is 0.363 e. The van der Waals surface area contributed by atoms with E-state index in [4.69, 9.17) is 25.8 Å². The van der Waals surface area contributed by atoms with E-state index < -0.39 is 5.97 Å². The van der Waals surface area contributed by atoms with Gasteiger partial charge in [-0.1, -0.05) is 41.9 Å². The number of hydrogen-bond donors (Lipinski definition) is 0. The molecular formula is C24H17ClFNO4. The molecule has 3 aromatic rings. The summed E-state index contributed by atoms with van der Waals surface area (Å²) in [6.45, 7) is 0.116. The third kappa shape index (κ3) is 4.75. The first kappa shape index (κ1) is 20.6. The summed E-state index contributed by atoms with van der Waals surface area (Å²) in [6.07, 6.45) is 1.56. The topological polar surface area (TPSA) is 57.1 Å². The Bertz CT molecular complexity index is 1190. The standard InChI is InChI=1S/C24H17ClFNO4/c1-29-21-13-16(11-19(25)22(21)30-14-15-6-5-9-18(26)10-15)12-20-24(28)31-23(27-20)17-7-3-2-4-8-17/h2-13H,14H2,1H3/b20-12-. The average Bonchev–Trinajstić information content (AvgIpc) is 3.13. The van der Waals surface area contributed by atoms with E-state index in [2.05, 4.69) is 4.99 Å². The van der Waals surface area contributed by atoms with Crippen LogP contribution in [0.4, 0.5) is 4.39 Å². The van der Waals surface area contributed by atoms with E-state index in [0.717, 1.165) is 0 Å². The molecule has 1 heterocycles. The Balaban J connectivity index is 1.59. The number of carbonyl (C=O) groups is 1. The number of benzene rings is 3. The zero-order valence-electron chi connectivity index (χ0n) is 16.5. The number of halogens is 2. The van der Waals surface area contributed by atoms with Crippen LogP contribution in [0.15, 0.2) is 77.4 Å². The molecule has 4 rings (SSSR count). The van der Waals surface area contributed by atoms with Crippen molar-refractivity contribution in [1.82, 2.24) is 0 Å². The summed E-state index contributed by atoms with van der Waals surface area (Å²) in [4.78, 5) is 16.5.